The second-order valence-corrected chi connectivity index (χ2v) is 6.22. The molecule has 0 aromatic heterocycles. The van der Waals surface area contributed by atoms with E-state index in [0.29, 0.717) is 6.54 Å². The summed E-state index contributed by atoms with van der Waals surface area (Å²) in [6.07, 6.45) is 1.08. The molecule has 0 bridgehead atoms. The average molecular weight is 289 g/mol. The lowest BCUT2D eigenvalue weighted by atomic mass is 10.1. The first-order valence-corrected chi connectivity index (χ1v) is 7.04. The fraction of sp³-hybridized carbons (Fsp3) is 0.571. The minimum Gasteiger partial charge on any atom is -0.313 e. The Morgan fingerprint density at radius 2 is 1.67 bits per heavy atom. The molecule has 0 amide bonds. The summed E-state index contributed by atoms with van der Waals surface area (Å²) in [6, 6.07) is 5.60. The van der Waals surface area contributed by atoms with E-state index in [2.05, 4.69) is 31.4 Å². The van der Waals surface area contributed by atoms with Crippen molar-refractivity contribution < 1.29 is 0 Å². The van der Waals surface area contributed by atoms with Crippen molar-refractivity contribution in [3.05, 3.63) is 33.8 Å². The van der Waals surface area contributed by atoms with Gasteiger partial charge in [0.15, 0.2) is 0 Å². The van der Waals surface area contributed by atoms with Crippen molar-refractivity contribution in [1.82, 2.24) is 10.6 Å². The van der Waals surface area contributed by atoms with Crippen molar-refractivity contribution in [2.45, 2.75) is 39.3 Å². The molecule has 0 atom stereocenters. The summed E-state index contributed by atoms with van der Waals surface area (Å²) in [6.45, 7) is 9.18. The van der Waals surface area contributed by atoms with E-state index in [-0.39, 0.29) is 5.54 Å². The SMILES string of the molecule is CC(C)(C)NCCCNCc1c(Cl)cccc1Cl. The van der Waals surface area contributed by atoms with Gasteiger partial charge < -0.3 is 10.6 Å². The molecule has 0 aliphatic heterocycles. The predicted octanol–water partition coefficient (Wildman–Crippen LogP) is 3.86. The van der Waals surface area contributed by atoms with Gasteiger partial charge in [0, 0.05) is 27.7 Å². The molecule has 102 valence electrons. The zero-order valence-corrected chi connectivity index (χ0v) is 12.8. The lowest BCUT2D eigenvalue weighted by Gasteiger charge is -2.20. The Labute approximate surface area is 120 Å². The van der Waals surface area contributed by atoms with Crippen LogP contribution in [0.3, 0.4) is 0 Å². The molecular formula is C14H22Cl2N2. The fourth-order valence-corrected chi connectivity index (χ4v) is 2.12. The van der Waals surface area contributed by atoms with Crippen molar-refractivity contribution >= 4 is 23.2 Å². The van der Waals surface area contributed by atoms with Crippen LogP contribution in [-0.2, 0) is 6.54 Å². The predicted molar refractivity (Wildman–Crippen MR) is 80.5 cm³/mol. The van der Waals surface area contributed by atoms with Gasteiger partial charge in [-0.1, -0.05) is 29.3 Å². The van der Waals surface area contributed by atoms with Gasteiger partial charge in [-0.25, -0.2) is 0 Å². The molecule has 0 saturated carbocycles. The lowest BCUT2D eigenvalue weighted by Crippen LogP contribution is -2.37. The van der Waals surface area contributed by atoms with E-state index in [1.807, 2.05) is 18.2 Å². The average Bonchev–Trinajstić information content (AvgIpc) is 2.25. The molecule has 0 saturated heterocycles. The minimum absolute atomic E-state index is 0.187. The zero-order valence-electron chi connectivity index (χ0n) is 11.3. The van der Waals surface area contributed by atoms with Crippen molar-refractivity contribution in [2.24, 2.45) is 0 Å². The zero-order chi connectivity index (χ0) is 13.6. The number of hydrogen-bond acceptors (Lipinski definition) is 2. The Kier molecular flexibility index (Phi) is 6.44. The lowest BCUT2D eigenvalue weighted by molar-refractivity contribution is 0.418. The number of nitrogens with one attached hydrogen (secondary N) is 2. The first kappa shape index (κ1) is 15.8. The molecule has 2 N–H and O–H groups in total. The number of halogens is 2. The Morgan fingerprint density at radius 3 is 2.22 bits per heavy atom. The summed E-state index contributed by atoms with van der Waals surface area (Å²) >= 11 is 12.2. The van der Waals surface area contributed by atoms with Crippen LogP contribution in [0, 0.1) is 0 Å². The second-order valence-electron chi connectivity index (χ2n) is 5.41. The van der Waals surface area contributed by atoms with Crippen LogP contribution in [-0.4, -0.2) is 18.6 Å². The largest absolute Gasteiger partial charge is 0.313 e. The van der Waals surface area contributed by atoms with E-state index in [0.717, 1.165) is 35.1 Å². The van der Waals surface area contributed by atoms with E-state index in [1.165, 1.54) is 0 Å². The molecule has 0 fully saturated rings. The van der Waals surface area contributed by atoms with Crippen LogP contribution >= 0.6 is 23.2 Å². The second kappa shape index (κ2) is 7.34. The number of rotatable bonds is 6. The quantitative estimate of drug-likeness (QED) is 0.777. The molecular weight excluding hydrogens is 267 g/mol. The standard InChI is InChI=1S/C14H22Cl2N2/c1-14(2,3)18-9-5-8-17-10-11-12(15)6-4-7-13(11)16/h4,6-7,17-18H,5,8-10H2,1-3H3. The Morgan fingerprint density at radius 1 is 1.06 bits per heavy atom. The summed E-state index contributed by atoms with van der Waals surface area (Å²) in [7, 11) is 0. The van der Waals surface area contributed by atoms with Crippen LogP contribution in [0.15, 0.2) is 18.2 Å². The van der Waals surface area contributed by atoms with Crippen LogP contribution in [0.5, 0.6) is 0 Å². The Bertz CT molecular complexity index is 352. The van der Waals surface area contributed by atoms with E-state index >= 15 is 0 Å². The molecule has 2 nitrogen and oxygen atoms in total. The number of benzene rings is 1. The van der Waals surface area contributed by atoms with E-state index in [9.17, 15) is 0 Å². The van der Waals surface area contributed by atoms with Gasteiger partial charge >= 0.3 is 0 Å². The summed E-state index contributed by atoms with van der Waals surface area (Å²) in [5.74, 6) is 0. The molecule has 1 rings (SSSR count). The van der Waals surface area contributed by atoms with Crippen molar-refractivity contribution in [3.8, 4) is 0 Å². The summed E-state index contributed by atoms with van der Waals surface area (Å²) < 4.78 is 0. The molecule has 0 heterocycles. The van der Waals surface area contributed by atoms with E-state index in [4.69, 9.17) is 23.2 Å². The van der Waals surface area contributed by atoms with E-state index in [1.54, 1.807) is 0 Å². The maximum Gasteiger partial charge on any atom is 0.0465 e. The highest BCUT2D eigenvalue weighted by atomic mass is 35.5. The maximum atomic E-state index is 6.09. The first-order chi connectivity index (χ1) is 8.40. The van der Waals surface area contributed by atoms with Gasteiger partial charge in [-0.2, -0.15) is 0 Å². The van der Waals surface area contributed by atoms with Crippen LogP contribution in [0.25, 0.3) is 0 Å². The van der Waals surface area contributed by atoms with Gasteiger partial charge in [-0.15, -0.1) is 0 Å². The van der Waals surface area contributed by atoms with Crippen LogP contribution in [0.4, 0.5) is 0 Å². The van der Waals surface area contributed by atoms with Gasteiger partial charge in [0.2, 0.25) is 0 Å². The molecule has 18 heavy (non-hydrogen) atoms. The summed E-state index contributed by atoms with van der Waals surface area (Å²) in [5.41, 5.74) is 1.16. The van der Waals surface area contributed by atoms with Crippen LogP contribution < -0.4 is 10.6 Å². The van der Waals surface area contributed by atoms with Gasteiger partial charge in [-0.3, -0.25) is 0 Å². The Balaban J connectivity index is 2.22. The third-order valence-electron chi connectivity index (χ3n) is 2.55. The van der Waals surface area contributed by atoms with Gasteiger partial charge in [0.25, 0.3) is 0 Å². The van der Waals surface area contributed by atoms with Gasteiger partial charge in [-0.05, 0) is 52.4 Å². The topological polar surface area (TPSA) is 24.1 Å². The van der Waals surface area contributed by atoms with Crippen molar-refractivity contribution in [1.29, 1.82) is 0 Å². The van der Waals surface area contributed by atoms with Crippen molar-refractivity contribution in [3.63, 3.8) is 0 Å². The first-order valence-electron chi connectivity index (χ1n) is 6.29. The van der Waals surface area contributed by atoms with Crippen LogP contribution in [0.2, 0.25) is 10.0 Å². The fourth-order valence-electron chi connectivity index (χ4n) is 1.59. The minimum atomic E-state index is 0.187. The molecule has 1 aromatic carbocycles. The monoisotopic (exact) mass is 288 g/mol. The molecule has 0 unspecified atom stereocenters. The maximum absolute atomic E-state index is 6.09. The summed E-state index contributed by atoms with van der Waals surface area (Å²) in [5, 5.41) is 8.26. The highest BCUT2D eigenvalue weighted by molar-refractivity contribution is 6.35. The third-order valence-corrected chi connectivity index (χ3v) is 3.26. The smallest absolute Gasteiger partial charge is 0.0465 e. The number of hydrogen-bond donors (Lipinski definition) is 2. The molecule has 0 radical (unpaired) electrons. The highest BCUT2D eigenvalue weighted by Crippen LogP contribution is 2.23. The van der Waals surface area contributed by atoms with E-state index < -0.39 is 0 Å². The molecule has 1 aromatic rings. The molecule has 0 spiro atoms. The van der Waals surface area contributed by atoms with Gasteiger partial charge in [0.05, 0.1) is 0 Å². The molecule has 4 heteroatoms. The molecule has 0 aliphatic rings. The third kappa shape index (κ3) is 6.05. The van der Waals surface area contributed by atoms with Crippen molar-refractivity contribution in [2.75, 3.05) is 13.1 Å². The Hall–Kier alpha value is -0.280. The van der Waals surface area contributed by atoms with Crippen LogP contribution in [0.1, 0.15) is 32.8 Å². The normalized spacial score (nSPS) is 11.8. The molecule has 0 aliphatic carbocycles. The summed E-state index contributed by atoms with van der Waals surface area (Å²) in [4.78, 5) is 0. The van der Waals surface area contributed by atoms with Gasteiger partial charge in [0.1, 0.15) is 0 Å². The highest BCUT2D eigenvalue weighted by Gasteiger charge is 2.07.